The fourth-order valence-electron chi connectivity index (χ4n) is 5.67. The van der Waals surface area contributed by atoms with Crippen molar-refractivity contribution in [1.29, 1.82) is 5.26 Å². The van der Waals surface area contributed by atoms with E-state index >= 15 is 0 Å². The lowest BCUT2D eigenvalue weighted by Gasteiger charge is -2.46. The van der Waals surface area contributed by atoms with Gasteiger partial charge in [0.2, 0.25) is 5.95 Å². The number of hydrogen-bond acceptors (Lipinski definition) is 10. The number of fused-ring (bicyclic) bond motifs is 4. The molecule has 2 saturated heterocycles. The van der Waals surface area contributed by atoms with E-state index in [0.717, 1.165) is 67.2 Å². The molecule has 0 unspecified atom stereocenters. The second-order valence-corrected chi connectivity index (χ2v) is 10.6. The van der Waals surface area contributed by atoms with Crippen molar-refractivity contribution in [3.63, 3.8) is 0 Å². The topological polar surface area (TPSA) is 121 Å². The van der Waals surface area contributed by atoms with Crippen LogP contribution in [0.5, 0.6) is 5.75 Å². The molecule has 0 amide bonds. The van der Waals surface area contributed by atoms with E-state index < -0.39 is 5.82 Å². The van der Waals surface area contributed by atoms with Crippen LogP contribution in [0, 0.1) is 17.1 Å². The van der Waals surface area contributed by atoms with Crippen LogP contribution in [0.1, 0.15) is 16.7 Å². The summed E-state index contributed by atoms with van der Waals surface area (Å²) >= 11 is 1.03. The molecular formula is C26H23FN6O3S. The number of halogens is 1. The Morgan fingerprint density at radius 2 is 1.95 bits per heavy atom. The van der Waals surface area contributed by atoms with Crippen molar-refractivity contribution in [1.82, 2.24) is 14.9 Å². The second kappa shape index (κ2) is 8.49. The summed E-state index contributed by atoms with van der Waals surface area (Å²) in [6, 6.07) is 5.48. The molecule has 3 N–H and O–H groups in total. The maximum Gasteiger partial charge on any atom is 0.226 e. The Hall–Kier alpha value is -3.56. The summed E-state index contributed by atoms with van der Waals surface area (Å²) in [4.78, 5) is 13.9. The van der Waals surface area contributed by atoms with Gasteiger partial charge in [0.15, 0.2) is 0 Å². The fraction of sp³-hybridized carbons (Fsp3) is 0.346. The molecule has 3 aliphatic rings. The third-order valence-electron chi connectivity index (χ3n) is 7.63. The van der Waals surface area contributed by atoms with Gasteiger partial charge in [0.1, 0.15) is 28.2 Å². The van der Waals surface area contributed by atoms with Gasteiger partial charge in [-0.2, -0.15) is 5.26 Å². The quantitative estimate of drug-likeness (QED) is 0.421. The van der Waals surface area contributed by atoms with Crippen LogP contribution in [0.15, 0.2) is 18.3 Å². The first kappa shape index (κ1) is 22.6. The Kier molecular flexibility index (Phi) is 5.19. The molecular weight excluding hydrogens is 495 g/mol. The van der Waals surface area contributed by atoms with Crippen LogP contribution in [0.2, 0.25) is 0 Å². The van der Waals surface area contributed by atoms with Crippen molar-refractivity contribution >= 4 is 43.3 Å². The van der Waals surface area contributed by atoms with Crippen LogP contribution in [-0.4, -0.2) is 65.4 Å². The van der Waals surface area contributed by atoms with Gasteiger partial charge >= 0.3 is 0 Å². The van der Waals surface area contributed by atoms with Gasteiger partial charge in [-0.05, 0) is 22.8 Å². The van der Waals surface area contributed by atoms with E-state index in [1.54, 1.807) is 12.3 Å². The lowest BCUT2D eigenvalue weighted by molar-refractivity contribution is 0.0103. The number of phenolic OH excluding ortho intramolecular Hbond substituents is 1. The van der Waals surface area contributed by atoms with Crippen LogP contribution in [0.3, 0.4) is 0 Å². The average Bonchev–Trinajstić information content (AvgIpc) is 3.50. The molecule has 0 spiro atoms. The van der Waals surface area contributed by atoms with Crippen molar-refractivity contribution in [2.45, 2.75) is 19.3 Å². The van der Waals surface area contributed by atoms with Gasteiger partial charge in [-0.3, -0.25) is 4.90 Å². The van der Waals surface area contributed by atoms with E-state index in [0.29, 0.717) is 40.6 Å². The highest BCUT2D eigenvalue weighted by Gasteiger charge is 2.35. The Morgan fingerprint density at radius 1 is 1.16 bits per heavy atom. The van der Waals surface area contributed by atoms with Gasteiger partial charge in [-0.1, -0.05) is 6.07 Å². The zero-order chi connectivity index (χ0) is 25.3. The number of ether oxygens (including phenoxy) is 2. The van der Waals surface area contributed by atoms with E-state index in [4.69, 9.17) is 20.2 Å². The number of aromatic nitrogens is 2. The molecule has 2 aromatic carbocycles. The molecule has 37 heavy (non-hydrogen) atoms. The standard InChI is InChI=1S/C26H23FN6O3S/c27-19-2-1-14(21-15(7-28)25(29)37-24(19)21)20-18-12-36-11-17(18)16-8-30-26(31-22(16)23(20)34)33-9-13(10-33)32-3-5-35-6-4-32/h1-2,8,13,34H,3-6,9-12,29H2. The molecule has 0 bridgehead atoms. The van der Waals surface area contributed by atoms with Gasteiger partial charge in [-0.25, -0.2) is 14.4 Å². The largest absolute Gasteiger partial charge is 0.505 e. The van der Waals surface area contributed by atoms with Crippen molar-refractivity contribution in [2.75, 3.05) is 50.0 Å². The molecule has 9 nitrogen and oxygen atoms in total. The predicted octanol–water partition coefficient (Wildman–Crippen LogP) is 3.36. The van der Waals surface area contributed by atoms with Gasteiger partial charge in [-0.15, -0.1) is 11.3 Å². The summed E-state index contributed by atoms with van der Waals surface area (Å²) in [6.07, 6.45) is 1.75. The number of benzene rings is 2. The number of morpholine rings is 1. The maximum atomic E-state index is 14.7. The molecule has 3 aliphatic heterocycles. The lowest BCUT2D eigenvalue weighted by atomic mass is 9.90. The van der Waals surface area contributed by atoms with E-state index in [2.05, 4.69) is 20.9 Å². The van der Waals surface area contributed by atoms with Crippen LogP contribution in [0.25, 0.3) is 32.1 Å². The minimum atomic E-state index is -0.456. The SMILES string of the molecule is N#Cc1c(N)sc2c(F)ccc(-c3c4c(c5cnc(N6CC(N7CCOCC7)C6)nc5c3O)COC4)c12. The summed E-state index contributed by atoms with van der Waals surface area (Å²) in [5.41, 5.74) is 9.41. The first-order chi connectivity index (χ1) is 18.0. The summed E-state index contributed by atoms with van der Waals surface area (Å²) in [6.45, 7) is 5.63. The summed E-state index contributed by atoms with van der Waals surface area (Å²) in [5, 5.41) is 22.8. The van der Waals surface area contributed by atoms with Gasteiger partial charge in [0.05, 0.1) is 36.7 Å². The Balaban J connectivity index is 1.36. The third kappa shape index (κ3) is 3.37. The van der Waals surface area contributed by atoms with Gasteiger partial charge < -0.3 is 25.2 Å². The number of hydrogen-bond donors (Lipinski definition) is 2. The Morgan fingerprint density at radius 3 is 2.73 bits per heavy atom. The highest BCUT2D eigenvalue weighted by Crippen LogP contribution is 2.49. The van der Waals surface area contributed by atoms with Crippen LogP contribution < -0.4 is 10.6 Å². The minimum Gasteiger partial charge on any atom is -0.505 e. The highest BCUT2D eigenvalue weighted by atomic mass is 32.1. The number of nitrogens with two attached hydrogens (primary N) is 1. The van der Waals surface area contributed by atoms with Crippen molar-refractivity contribution < 1.29 is 19.0 Å². The zero-order valence-corrected chi connectivity index (χ0v) is 20.6. The third-order valence-corrected chi connectivity index (χ3v) is 8.65. The van der Waals surface area contributed by atoms with Gasteiger partial charge in [0, 0.05) is 54.8 Å². The van der Waals surface area contributed by atoms with Crippen molar-refractivity contribution in [3.05, 3.63) is 40.8 Å². The molecule has 11 heteroatoms. The zero-order valence-electron chi connectivity index (χ0n) is 19.8. The smallest absolute Gasteiger partial charge is 0.226 e. The summed E-state index contributed by atoms with van der Waals surface area (Å²) < 4.78 is 26.2. The summed E-state index contributed by atoms with van der Waals surface area (Å²) in [7, 11) is 0. The molecule has 4 aromatic rings. The number of nitrogens with zero attached hydrogens (tertiary/aromatic N) is 5. The maximum absolute atomic E-state index is 14.7. The number of thiophene rings is 1. The van der Waals surface area contributed by atoms with E-state index in [-0.39, 0.29) is 27.6 Å². The molecule has 2 aromatic heterocycles. The van der Waals surface area contributed by atoms with Crippen molar-refractivity contribution in [3.8, 4) is 22.9 Å². The van der Waals surface area contributed by atoms with Crippen molar-refractivity contribution in [2.24, 2.45) is 0 Å². The minimum absolute atomic E-state index is 0.0327. The number of nitriles is 1. The predicted molar refractivity (Wildman–Crippen MR) is 138 cm³/mol. The van der Waals surface area contributed by atoms with E-state index in [9.17, 15) is 14.8 Å². The van der Waals surface area contributed by atoms with Gasteiger partial charge in [0.25, 0.3) is 0 Å². The second-order valence-electron chi connectivity index (χ2n) is 9.57. The molecule has 0 aliphatic carbocycles. The number of nitrogen functional groups attached to an aromatic ring is 1. The first-order valence-corrected chi connectivity index (χ1v) is 13.0. The monoisotopic (exact) mass is 518 g/mol. The molecule has 0 radical (unpaired) electrons. The number of aromatic hydroxyl groups is 1. The first-order valence-electron chi connectivity index (χ1n) is 12.1. The highest BCUT2D eigenvalue weighted by molar-refractivity contribution is 7.23. The van der Waals surface area contributed by atoms with Crippen LogP contribution in [0.4, 0.5) is 15.3 Å². The Labute approximate surface area is 215 Å². The van der Waals surface area contributed by atoms with E-state index in [1.807, 2.05) is 0 Å². The fourth-order valence-corrected chi connectivity index (χ4v) is 6.62. The molecule has 2 fully saturated rings. The number of phenols is 1. The average molecular weight is 519 g/mol. The lowest BCUT2D eigenvalue weighted by Crippen LogP contribution is -2.62. The molecule has 188 valence electrons. The summed E-state index contributed by atoms with van der Waals surface area (Å²) in [5.74, 6) is 0.0657. The van der Waals surface area contributed by atoms with Crippen LogP contribution >= 0.6 is 11.3 Å². The number of rotatable bonds is 3. The molecule has 0 saturated carbocycles. The molecule has 7 rings (SSSR count). The van der Waals surface area contributed by atoms with E-state index in [1.165, 1.54) is 6.07 Å². The molecule has 5 heterocycles. The molecule has 0 atom stereocenters. The normalized spacial score (nSPS) is 18.3. The van der Waals surface area contributed by atoms with Crippen LogP contribution in [-0.2, 0) is 22.7 Å². The number of anilines is 2. The Bertz CT molecular complexity index is 1620.